The predicted octanol–water partition coefficient (Wildman–Crippen LogP) is 3.18. The first-order chi connectivity index (χ1) is 15.9. The molecule has 8 heteroatoms. The topological polar surface area (TPSA) is 111 Å². The first kappa shape index (κ1) is 26.5. The maximum atomic E-state index is 13.1. The number of alkyl carbamates (subject to hydrolysis) is 1. The second-order valence-electron chi connectivity index (χ2n) is 8.84. The summed E-state index contributed by atoms with van der Waals surface area (Å²) in [6.45, 7) is 5.23. The van der Waals surface area contributed by atoms with Gasteiger partial charge in [0.2, 0.25) is 5.78 Å². The summed E-state index contributed by atoms with van der Waals surface area (Å²) >= 11 is 0. The standard InChI is InChI=1S/C25H36N2O6/c1-18(2)15-21(27-25(31)33-17-19-9-5-3-6-10-19)22(28)16-20-11-7-4-8-13-32-14-12-26-24(30)23(20)29/h3,5-6,9-10,18,20-21H,4,7-8,11-17H2,1-2H3,(H,26,30)(H,27,31). The van der Waals surface area contributed by atoms with Gasteiger partial charge in [-0.15, -0.1) is 0 Å². The molecule has 0 spiro atoms. The number of benzene rings is 1. The zero-order chi connectivity index (χ0) is 24.1. The number of hydrogen-bond acceptors (Lipinski definition) is 6. The highest BCUT2D eigenvalue weighted by atomic mass is 16.5. The Labute approximate surface area is 195 Å². The third-order valence-corrected chi connectivity index (χ3v) is 5.52. The summed E-state index contributed by atoms with van der Waals surface area (Å²) < 4.78 is 10.7. The molecule has 182 valence electrons. The molecule has 33 heavy (non-hydrogen) atoms. The van der Waals surface area contributed by atoms with Gasteiger partial charge in [0, 0.05) is 25.5 Å². The van der Waals surface area contributed by atoms with E-state index in [4.69, 9.17) is 9.47 Å². The monoisotopic (exact) mass is 460 g/mol. The molecule has 0 radical (unpaired) electrons. The minimum Gasteiger partial charge on any atom is -0.445 e. The number of carbonyl (C=O) groups excluding carboxylic acids is 4. The van der Waals surface area contributed by atoms with Gasteiger partial charge >= 0.3 is 6.09 Å². The molecule has 1 aliphatic rings. The van der Waals surface area contributed by atoms with E-state index in [1.165, 1.54) is 0 Å². The highest BCUT2D eigenvalue weighted by Gasteiger charge is 2.31. The van der Waals surface area contributed by atoms with Crippen LogP contribution in [0.3, 0.4) is 0 Å². The Kier molecular flexibility index (Phi) is 11.6. The Balaban J connectivity index is 2.00. The smallest absolute Gasteiger partial charge is 0.408 e. The number of ether oxygens (including phenoxy) is 2. The van der Waals surface area contributed by atoms with Gasteiger partial charge in [-0.2, -0.15) is 0 Å². The van der Waals surface area contributed by atoms with Gasteiger partial charge in [-0.05, 0) is 30.7 Å². The van der Waals surface area contributed by atoms with Crippen LogP contribution in [0.5, 0.6) is 0 Å². The summed E-state index contributed by atoms with van der Waals surface area (Å²) in [5, 5.41) is 5.23. The molecule has 1 heterocycles. The summed E-state index contributed by atoms with van der Waals surface area (Å²) in [4.78, 5) is 50.4. The zero-order valence-corrected chi connectivity index (χ0v) is 19.6. The highest BCUT2D eigenvalue weighted by molar-refractivity contribution is 6.37. The van der Waals surface area contributed by atoms with E-state index >= 15 is 0 Å². The van der Waals surface area contributed by atoms with E-state index < -0.39 is 29.7 Å². The van der Waals surface area contributed by atoms with Crippen molar-refractivity contribution in [1.82, 2.24) is 10.6 Å². The van der Waals surface area contributed by atoms with E-state index in [-0.39, 0.29) is 31.3 Å². The number of amides is 2. The van der Waals surface area contributed by atoms with Gasteiger partial charge in [-0.1, -0.05) is 57.0 Å². The van der Waals surface area contributed by atoms with E-state index in [1.807, 2.05) is 44.2 Å². The fraction of sp³-hybridized carbons (Fsp3) is 0.600. The van der Waals surface area contributed by atoms with Crippen molar-refractivity contribution in [3.63, 3.8) is 0 Å². The molecule has 1 saturated heterocycles. The maximum Gasteiger partial charge on any atom is 0.408 e. The van der Waals surface area contributed by atoms with Crippen LogP contribution in [0.15, 0.2) is 30.3 Å². The van der Waals surface area contributed by atoms with Crippen molar-refractivity contribution in [3.8, 4) is 0 Å². The Bertz CT molecular complexity index is 780. The van der Waals surface area contributed by atoms with Crippen LogP contribution >= 0.6 is 0 Å². The van der Waals surface area contributed by atoms with Crippen molar-refractivity contribution >= 4 is 23.6 Å². The number of nitrogens with one attached hydrogen (secondary N) is 2. The molecule has 1 aromatic rings. The van der Waals surface area contributed by atoms with Crippen LogP contribution < -0.4 is 10.6 Å². The van der Waals surface area contributed by atoms with Crippen LogP contribution in [0, 0.1) is 11.8 Å². The van der Waals surface area contributed by atoms with Crippen LogP contribution in [-0.4, -0.2) is 49.4 Å². The van der Waals surface area contributed by atoms with Gasteiger partial charge in [0.1, 0.15) is 6.61 Å². The summed E-state index contributed by atoms with van der Waals surface area (Å²) in [5.74, 6) is -2.09. The summed E-state index contributed by atoms with van der Waals surface area (Å²) in [5.41, 5.74) is 0.842. The molecular formula is C25H36N2O6. The second kappa shape index (κ2) is 14.4. The largest absolute Gasteiger partial charge is 0.445 e. The molecule has 0 bridgehead atoms. The van der Waals surface area contributed by atoms with Crippen molar-refractivity contribution in [2.45, 2.75) is 65.0 Å². The molecule has 1 aromatic carbocycles. The average Bonchev–Trinajstić information content (AvgIpc) is 2.79. The molecule has 2 amide bonds. The van der Waals surface area contributed by atoms with E-state index in [0.29, 0.717) is 26.1 Å². The van der Waals surface area contributed by atoms with Gasteiger partial charge in [0.25, 0.3) is 5.91 Å². The third-order valence-electron chi connectivity index (χ3n) is 5.52. The lowest BCUT2D eigenvalue weighted by molar-refractivity contribution is -0.141. The molecule has 0 aliphatic carbocycles. The van der Waals surface area contributed by atoms with Crippen LogP contribution in [0.4, 0.5) is 4.79 Å². The van der Waals surface area contributed by atoms with Gasteiger partial charge in [-0.25, -0.2) is 4.79 Å². The first-order valence-electron chi connectivity index (χ1n) is 11.8. The second-order valence-corrected chi connectivity index (χ2v) is 8.84. The minimum absolute atomic E-state index is 0.0842. The first-order valence-corrected chi connectivity index (χ1v) is 11.8. The predicted molar refractivity (Wildman–Crippen MR) is 123 cm³/mol. The van der Waals surface area contributed by atoms with E-state index in [0.717, 1.165) is 24.8 Å². The molecular weight excluding hydrogens is 424 g/mol. The summed E-state index contributed by atoms with van der Waals surface area (Å²) in [6, 6.07) is 8.49. The quantitative estimate of drug-likeness (QED) is 0.577. The Morgan fingerprint density at radius 3 is 2.61 bits per heavy atom. The van der Waals surface area contributed by atoms with Crippen LogP contribution in [0.1, 0.15) is 57.9 Å². The van der Waals surface area contributed by atoms with E-state index in [1.54, 1.807) is 0 Å². The molecule has 0 saturated carbocycles. The number of carbonyl (C=O) groups is 4. The summed E-state index contributed by atoms with van der Waals surface area (Å²) in [7, 11) is 0. The normalized spacial score (nSPS) is 19.1. The Hall–Kier alpha value is -2.74. The molecule has 2 atom stereocenters. The van der Waals surface area contributed by atoms with E-state index in [9.17, 15) is 19.2 Å². The van der Waals surface area contributed by atoms with Crippen molar-refractivity contribution in [3.05, 3.63) is 35.9 Å². The minimum atomic E-state index is -0.779. The number of hydrogen-bond donors (Lipinski definition) is 2. The molecule has 2 N–H and O–H groups in total. The fourth-order valence-electron chi connectivity index (χ4n) is 3.74. The number of rotatable bonds is 8. The molecule has 2 unspecified atom stereocenters. The average molecular weight is 461 g/mol. The SMILES string of the molecule is CC(C)CC(NC(=O)OCc1ccccc1)C(=O)CC1CCCCCOCCNC(=O)C1=O. The maximum absolute atomic E-state index is 13.1. The highest BCUT2D eigenvalue weighted by Crippen LogP contribution is 2.19. The molecule has 8 nitrogen and oxygen atoms in total. The number of Topliss-reactive ketones (excluding diaryl/α,β-unsaturated/α-hetero) is 2. The van der Waals surface area contributed by atoms with Crippen LogP contribution in [0.2, 0.25) is 0 Å². The van der Waals surface area contributed by atoms with Crippen LogP contribution in [-0.2, 0) is 30.5 Å². The van der Waals surface area contributed by atoms with Gasteiger partial charge in [-0.3, -0.25) is 14.4 Å². The molecule has 2 rings (SSSR count). The zero-order valence-electron chi connectivity index (χ0n) is 19.6. The van der Waals surface area contributed by atoms with Gasteiger partial charge in [0.15, 0.2) is 5.78 Å². The Morgan fingerprint density at radius 2 is 1.88 bits per heavy atom. The fourth-order valence-corrected chi connectivity index (χ4v) is 3.74. The third kappa shape index (κ3) is 10.2. The van der Waals surface area contributed by atoms with Crippen molar-refractivity contribution in [1.29, 1.82) is 0 Å². The van der Waals surface area contributed by atoms with Crippen molar-refractivity contribution in [2.24, 2.45) is 11.8 Å². The van der Waals surface area contributed by atoms with Crippen molar-refractivity contribution in [2.75, 3.05) is 19.8 Å². The molecule has 0 aromatic heterocycles. The van der Waals surface area contributed by atoms with Crippen molar-refractivity contribution < 1.29 is 28.7 Å². The molecule has 1 fully saturated rings. The lowest BCUT2D eigenvalue weighted by Gasteiger charge is -2.22. The number of ketones is 2. The van der Waals surface area contributed by atoms with Crippen LogP contribution in [0.25, 0.3) is 0 Å². The lowest BCUT2D eigenvalue weighted by Crippen LogP contribution is -2.44. The van der Waals surface area contributed by atoms with Gasteiger partial charge < -0.3 is 20.1 Å². The summed E-state index contributed by atoms with van der Waals surface area (Å²) in [6.07, 6.45) is 2.56. The Morgan fingerprint density at radius 1 is 1.12 bits per heavy atom. The lowest BCUT2D eigenvalue weighted by atomic mass is 9.87. The van der Waals surface area contributed by atoms with Gasteiger partial charge in [0.05, 0.1) is 12.6 Å². The van der Waals surface area contributed by atoms with E-state index in [2.05, 4.69) is 10.6 Å². The molecule has 1 aliphatic heterocycles.